The van der Waals surface area contributed by atoms with Crippen LogP contribution in [0.3, 0.4) is 0 Å². The Bertz CT molecular complexity index is 2330. The lowest BCUT2D eigenvalue weighted by molar-refractivity contribution is 0.425. The molecule has 2 aromatic heterocycles. The molecular weight excluding hydrogens is 546 g/mol. The van der Waals surface area contributed by atoms with Crippen LogP contribution in [-0.2, 0) is 0 Å². The average Bonchev–Trinajstić information content (AvgIpc) is 3.57. The van der Waals surface area contributed by atoms with Crippen molar-refractivity contribution in [1.29, 1.82) is 0 Å². The fraction of sp³-hybridized carbons (Fsp3) is 0. The summed E-state index contributed by atoms with van der Waals surface area (Å²) in [6.45, 7) is 0. The summed E-state index contributed by atoms with van der Waals surface area (Å²) in [5, 5.41) is 34.9. The summed E-state index contributed by atoms with van der Waals surface area (Å²) in [5.74, 6) is 0.523. The van der Waals surface area contributed by atoms with Crippen molar-refractivity contribution in [1.82, 2.24) is 9.13 Å². The quantitative estimate of drug-likeness (QED) is 0.236. The van der Waals surface area contributed by atoms with Crippen LogP contribution in [0.2, 0.25) is 0 Å². The third kappa shape index (κ3) is 4.28. The number of nitrogens with zero attached hydrogens (tertiary/aromatic N) is 2. The summed E-state index contributed by atoms with van der Waals surface area (Å²) in [6, 6.07) is 45.6. The Morgan fingerprint density at radius 1 is 0.432 bits per heavy atom. The van der Waals surface area contributed by atoms with Gasteiger partial charge in [-0.25, -0.2) is 0 Å². The number of fused-ring (bicyclic) bond motifs is 6. The molecule has 0 fully saturated rings. The van der Waals surface area contributed by atoms with Gasteiger partial charge in [0.25, 0.3) is 0 Å². The molecule has 0 spiro atoms. The molecule has 0 atom stereocenters. The molecule has 8 heteroatoms. The molecule has 0 saturated heterocycles. The maximum absolute atomic E-state index is 11.3. The van der Waals surface area contributed by atoms with E-state index in [0.717, 1.165) is 55.0 Å². The van der Waals surface area contributed by atoms with Gasteiger partial charge >= 0.3 is 14.2 Å². The Balaban J connectivity index is 1.18. The predicted molar refractivity (Wildman–Crippen MR) is 180 cm³/mol. The molecule has 0 bridgehead atoms. The summed E-state index contributed by atoms with van der Waals surface area (Å²) in [5.41, 5.74) is 7.08. The molecule has 0 amide bonds. The maximum Gasteiger partial charge on any atom is 0.560 e. The molecule has 3 N–H and O–H groups in total. The highest BCUT2D eigenvalue weighted by molar-refractivity contribution is 6.61. The standard InChI is InChI=1S/C36H26B2N2O4/c41-37(42)24-17-19-36-31(21-24)29-13-5-7-16-34(29)40(36)27-11-8-12-28(23-27)44-38(43)25-18-20-35-32(22-25)30-14-4-6-15-33(30)39(35)26-9-2-1-3-10-26/h1-23,41-43H. The van der Waals surface area contributed by atoms with Crippen molar-refractivity contribution in [2.75, 3.05) is 0 Å². The fourth-order valence-corrected chi connectivity index (χ4v) is 6.32. The summed E-state index contributed by atoms with van der Waals surface area (Å²) >= 11 is 0. The van der Waals surface area contributed by atoms with Gasteiger partial charge in [-0.1, -0.05) is 84.9 Å². The van der Waals surface area contributed by atoms with Gasteiger partial charge in [0, 0.05) is 39.0 Å². The molecule has 0 aliphatic carbocycles. The molecule has 0 saturated carbocycles. The van der Waals surface area contributed by atoms with Gasteiger partial charge in [0.2, 0.25) is 0 Å². The maximum atomic E-state index is 11.3. The van der Waals surface area contributed by atoms with Gasteiger partial charge in [0.05, 0.1) is 22.1 Å². The molecule has 6 nitrogen and oxygen atoms in total. The van der Waals surface area contributed by atoms with Crippen LogP contribution in [-0.4, -0.2) is 38.4 Å². The Hall–Kier alpha value is -5.27. The number of aromatic nitrogens is 2. The fourth-order valence-electron chi connectivity index (χ4n) is 6.32. The van der Waals surface area contributed by atoms with E-state index in [2.05, 4.69) is 33.4 Å². The lowest BCUT2D eigenvalue weighted by Crippen LogP contribution is -2.36. The van der Waals surface area contributed by atoms with Gasteiger partial charge in [-0.3, -0.25) is 0 Å². The summed E-state index contributed by atoms with van der Waals surface area (Å²) < 4.78 is 10.5. The van der Waals surface area contributed by atoms with E-state index in [0.29, 0.717) is 16.7 Å². The first-order valence-electron chi connectivity index (χ1n) is 14.5. The van der Waals surface area contributed by atoms with Crippen molar-refractivity contribution >= 4 is 68.8 Å². The summed E-state index contributed by atoms with van der Waals surface area (Å²) in [6.07, 6.45) is 0. The second-order valence-corrected chi connectivity index (χ2v) is 10.9. The van der Waals surface area contributed by atoms with Gasteiger partial charge in [-0.05, 0) is 59.5 Å². The van der Waals surface area contributed by atoms with E-state index in [4.69, 9.17) is 4.65 Å². The number of hydrogen-bond donors (Lipinski definition) is 3. The van der Waals surface area contributed by atoms with Gasteiger partial charge in [0.15, 0.2) is 0 Å². The van der Waals surface area contributed by atoms with E-state index < -0.39 is 14.2 Å². The Morgan fingerprint density at radius 3 is 1.61 bits per heavy atom. The van der Waals surface area contributed by atoms with Crippen LogP contribution in [0.4, 0.5) is 0 Å². The van der Waals surface area contributed by atoms with E-state index in [1.54, 1.807) is 6.07 Å². The molecule has 0 radical (unpaired) electrons. The van der Waals surface area contributed by atoms with Crippen LogP contribution in [0.15, 0.2) is 140 Å². The Labute approximate surface area is 253 Å². The van der Waals surface area contributed by atoms with Gasteiger partial charge in [-0.15, -0.1) is 0 Å². The largest absolute Gasteiger partial charge is 0.560 e. The van der Waals surface area contributed by atoms with Crippen molar-refractivity contribution in [3.63, 3.8) is 0 Å². The number of benzene rings is 6. The number of para-hydroxylation sites is 3. The molecule has 210 valence electrons. The van der Waals surface area contributed by atoms with Crippen LogP contribution in [0.5, 0.6) is 5.75 Å². The molecule has 8 aromatic rings. The minimum absolute atomic E-state index is 0.435. The van der Waals surface area contributed by atoms with Crippen molar-refractivity contribution in [3.8, 4) is 17.1 Å². The van der Waals surface area contributed by atoms with E-state index in [9.17, 15) is 15.1 Å². The third-order valence-corrected chi connectivity index (χ3v) is 8.31. The van der Waals surface area contributed by atoms with E-state index in [1.165, 1.54) is 0 Å². The predicted octanol–water partition coefficient (Wildman–Crippen LogP) is 5.33. The number of hydrogen-bond acceptors (Lipinski definition) is 4. The summed E-state index contributed by atoms with van der Waals surface area (Å²) in [7, 11) is -2.73. The monoisotopic (exact) mass is 572 g/mol. The first-order valence-corrected chi connectivity index (χ1v) is 14.5. The van der Waals surface area contributed by atoms with E-state index in [-0.39, 0.29) is 0 Å². The lowest BCUT2D eigenvalue weighted by atomic mass is 9.79. The normalized spacial score (nSPS) is 11.5. The smallest absolute Gasteiger partial charge is 0.532 e. The molecule has 6 aromatic carbocycles. The third-order valence-electron chi connectivity index (χ3n) is 8.31. The highest BCUT2D eigenvalue weighted by Gasteiger charge is 2.22. The minimum atomic E-state index is -1.55. The SMILES string of the molecule is OB(O)c1ccc2c(c1)c1ccccc1n2-c1cccc(OB(O)c2ccc3c(c2)c2ccccc2n3-c2ccccc2)c1. The molecule has 0 aliphatic heterocycles. The van der Waals surface area contributed by atoms with Crippen LogP contribution >= 0.6 is 0 Å². The highest BCUT2D eigenvalue weighted by Crippen LogP contribution is 2.33. The van der Waals surface area contributed by atoms with Gasteiger partial charge in [-0.2, -0.15) is 0 Å². The molecule has 0 unspecified atom stereocenters. The van der Waals surface area contributed by atoms with Gasteiger partial charge in [0.1, 0.15) is 5.75 Å². The molecule has 2 heterocycles. The molecule has 8 rings (SSSR count). The lowest BCUT2D eigenvalue weighted by Gasteiger charge is -2.14. The zero-order valence-electron chi connectivity index (χ0n) is 23.6. The van der Waals surface area contributed by atoms with Crippen LogP contribution in [0.25, 0.3) is 55.0 Å². The van der Waals surface area contributed by atoms with E-state index in [1.807, 2.05) is 109 Å². The zero-order chi connectivity index (χ0) is 29.8. The van der Waals surface area contributed by atoms with Crippen molar-refractivity contribution in [2.45, 2.75) is 0 Å². The first kappa shape index (κ1) is 26.4. The van der Waals surface area contributed by atoms with E-state index >= 15 is 0 Å². The number of rotatable bonds is 6. The molecule has 44 heavy (non-hydrogen) atoms. The van der Waals surface area contributed by atoms with Crippen LogP contribution in [0, 0.1) is 0 Å². The second kappa shape index (κ2) is 10.5. The van der Waals surface area contributed by atoms with Crippen LogP contribution in [0.1, 0.15) is 0 Å². The second-order valence-electron chi connectivity index (χ2n) is 10.9. The topological polar surface area (TPSA) is 79.8 Å². The molecular formula is C36H26B2N2O4. The van der Waals surface area contributed by atoms with Crippen molar-refractivity contribution in [3.05, 3.63) is 140 Å². The highest BCUT2D eigenvalue weighted by atomic mass is 16.5. The van der Waals surface area contributed by atoms with Gasteiger partial charge < -0.3 is 28.9 Å². The minimum Gasteiger partial charge on any atom is -0.532 e. The van der Waals surface area contributed by atoms with Crippen LogP contribution < -0.4 is 15.6 Å². The Kier molecular flexibility index (Phi) is 6.27. The average molecular weight is 572 g/mol. The van der Waals surface area contributed by atoms with Crippen molar-refractivity contribution < 1.29 is 19.7 Å². The zero-order valence-corrected chi connectivity index (χ0v) is 23.6. The Morgan fingerprint density at radius 2 is 0.955 bits per heavy atom. The summed E-state index contributed by atoms with van der Waals surface area (Å²) in [4.78, 5) is 0. The first-order chi connectivity index (χ1) is 21.6. The molecule has 0 aliphatic rings. The van der Waals surface area contributed by atoms with Crippen molar-refractivity contribution in [2.24, 2.45) is 0 Å².